The third-order valence-electron chi connectivity index (χ3n) is 2.87. The van der Waals surface area contributed by atoms with Crippen LogP contribution in [0.25, 0.3) is 10.2 Å². The number of nitrogens with one attached hydrogen (secondary N) is 1. The fraction of sp³-hybridized carbons (Fsp3) is 0.200. The van der Waals surface area contributed by atoms with Crippen LogP contribution in [0.1, 0.15) is 19.4 Å². The van der Waals surface area contributed by atoms with Crippen LogP contribution in [0.2, 0.25) is 0 Å². The zero-order chi connectivity index (χ0) is 15.5. The summed E-state index contributed by atoms with van der Waals surface area (Å²) in [5.41, 5.74) is 7.83. The van der Waals surface area contributed by atoms with Crippen LogP contribution in [0.15, 0.2) is 41.7 Å². The smallest absolute Gasteiger partial charge is 0.228 e. The number of aliphatic imine (C=N–C) groups is 1. The molecular weight excluding hydrogens is 367 g/mol. The summed E-state index contributed by atoms with van der Waals surface area (Å²) in [4.78, 5) is 17.1. The second-order valence-corrected chi connectivity index (χ2v) is 6.04. The monoisotopic (exact) mass is 384 g/mol. The van der Waals surface area contributed by atoms with Crippen LogP contribution in [-0.2, 0) is 0 Å². The Balaban J connectivity index is 0.00000144. The molecule has 0 aliphatic carbocycles. The van der Waals surface area contributed by atoms with Gasteiger partial charge in [0.05, 0.1) is 10.2 Å². The van der Waals surface area contributed by atoms with E-state index in [1.54, 1.807) is 18.5 Å². The molecule has 0 bridgehead atoms. The number of anilines is 2. The van der Waals surface area contributed by atoms with Crippen LogP contribution in [0.3, 0.4) is 0 Å². The van der Waals surface area contributed by atoms with Crippen molar-refractivity contribution in [3.8, 4) is 0 Å². The minimum absolute atomic E-state index is 0. The van der Waals surface area contributed by atoms with Gasteiger partial charge in [-0.2, -0.15) is 0 Å². The van der Waals surface area contributed by atoms with Crippen molar-refractivity contribution in [2.24, 2.45) is 10.7 Å². The first-order valence-corrected chi connectivity index (χ1v) is 7.72. The van der Waals surface area contributed by atoms with E-state index < -0.39 is 0 Å². The molecule has 0 fully saturated rings. The second kappa shape index (κ2) is 8.77. The van der Waals surface area contributed by atoms with Crippen LogP contribution < -0.4 is 11.1 Å². The number of benzene rings is 1. The average molecular weight is 385 g/mol. The number of hydrogen-bond acceptors (Lipinski definition) is 6. The molecule has 6 nitrogen and oxygen atoms in total. The van der Waals surface area contributed by atoms with E-state index in [1.807, 2.05) is 32.0 Å². The maximum atomic E-state index is 6.02. The number of nitrogens with zero attached hydrogens (tertiary/aromatic N) is 4. The number of rotatable bonds is 4. The van der Waals surface area contributed by atoms with Crippen LogP contribution in [0.5, 0.6) is 0 Å². The van der Waals surface area contributed by atoms with Gasteiger partial charge in [0.2, 0.25) is 5.95 Å². The van der Waals surface area contributed by atoms with E-state index >= 15 is 0 Å². The topological polar surface area (TPSA) is 89.1 Å². The highest BCUT2D eigenvalue weighted by atomic mass is 35.5. The van der Waals surface area contributed by atoms with Crippen molar-refractivity contribution in [2.75, 3.05) is 5.32 Å². The maximum absolute atomic E-state index is 6.02. The molecule has 0 spiro atoms. The van der Waals surface area contributed by atoms with E-state index in [1.165, 1.54) is 11.3 Å². The van der Waals surface area contributed by atoms with Gasteiger partial charge in [0.1, 0.15) is 5.84 Å². The van der Waals surface area contributed by atoms with E-state index in [0.717, 1.165) is 20.9 Å². The maximum Gasteiger partial charge on any atom is 0.228 e. The van der Waals surface area contributed by atoms with E-state index in [-0.39, 0.29) is 30.9 Å². The van der Waals surface area contributed by atoms with Gasteiger partial charge >= 0.3 is 0 Å². The van der Waals surface area contributed by atoms with Crippen molar-refractivity contribution < 1.29 is 0 Å². The third kappa shape index (κ3) is 4.77. The van der Waals surface area contributed by atoms with Crippen LogP contribution in [0.4, 0.5) is 11.1 Å². The highest BCUT2D eigenvalue weighted by Gasteiger charge is 2.08. The predicted molar refractivity (Wildman–Crippen MR) is 105 cm³/mol. The van der Waals surface area contributed by atoms with Crippen LogP contribution in [-0.4, -0.2) is 26.8 Å². The Morgan fingerprint density at radius 1 is 1.21 bits per heavy atom. The average Bonchev–Trinajstić information content (AvgIpc) is 2.88. The van der Waals surface area contributed by atoms with Crippen molar-refractivity contribution in [3.05, 3.63) is 42.2 Å². The molecule has 0 amide bonds. The summed E-state index contributed by atoms with van der Waals surface area (Å²) in [7, 11) is 0. The first-order valence-electron chi connectivity index (χ1n) is 6.90. The van der Waals surface area contributed by atoms with Gasteiger partial charge in [-0.3, -0.25) is 4.99 Å². The molecule has 0 unspecified atom stereocenters. The number of hydrogen-bond donors (Lipinski definition) is 2. The minimum atomic E-state index is 0. The van der Waals surface area contributed by atoms with E-state index in [4.69, 9.17) is 5.73 Å². The fourth-order valence-electron chi connectivity index (χ4n) is 1.95. The van der Waals surface area contributed by atoms with Gasteiger partial charge in [0.15, 0.2) is 5.13 Å². The van der Waals surface area contributed by atoms with Gasteiger partial charge < -0.3 is 11.1 Å². The molecule has 3 N–H and O–H groups in total. The quantitative estimate of drug-likeness (QED) is 0.527. The Kier molecular flexibility index (Phi) is 7.34. The predicted octanol–water partition coefficient (Wildman–Crippen LogP) is 3.79. The molecule has 2 heterocycles. The molecule has 0 aliphatic heterocycles. The van der Waals surface area contributed by atoms with Gasteiger partial charge in [0, 0.05) is 24.0 Å². The van der Waals surface area contributed by atoms with Crippen molar-refractivity contribution >= 4 is 63.3 Å². The fourth-order valence-corrected chi connectivity index (χ4v) is 2.85. The van der Waals surface area contributed by atoms with Crippen LogP contribution in [0, 0.1) is 0 Å². The van der Waals surface area contributed by atoms with Gasteiger partial charge in [-0.15, -0.1) is 24.8 Å². The third-order valence-corrected chi connectivity index (χ3v) is 3.80. The Hall–Kier alpha value is -1.96. The summed E-state index contributed by atoms with van der Waals surface area (Å²) in [5, 5.41) is 3.85. The lowest BCUT2D eigenvalue weighted by Crippen LogP contribution is -2.15. The molecule has 0 saturated carbocycles. The largest absolute Gasteiger partial charge is 0.383 e. The standard InChI is InChI=1S/C15H16N6S.2ClH/c1-9(2)19-13(16)10-4-5-11-12(8-10)22-15(20-11)21-14-17-6-3-7-18-14;;/h3-9H,1-2H3,(H2,16,19)(H,17,18,20,21);2*1H. The van der Waals surface area contributed by atoms with Gasteiger partial charge in [-0.05, 0) is 38.1 Å². The zero-order valence-corrected chi connectivity index (χ0v) is 15.6. The Morgan fingerprint density at radius 3 is 2.58 bits per heavy atom. The first kappa shape index (κ1) is 20.1. The first-order chi connectivity index (χ1) is 10.6. The molecular formula is C15H18Cl2N6S. The summed E-state index contributed by atoms with van der Waals surface area (Å²) in [6.45, 7) is 4.00. The van der Waals surface area contributed by atoms with Crippen molar-refractivity contribution in [1.82, 2.24) is 15.0 Å². The Morgan fingerprint density at radius 2 is 1.92 bits per heavy atom. The molecule has 9 heteroatoms. The SMILES string of the molecule is CC(C)N=C(N)c1ccc2nc(Nc3ncccn3)sc2c1.Cl.Cl. The lowest BCUT2D eigenvalue weighted by Gasteiger charge is -2.02. The molecule has 0 atom stereocenters. The number of nitrogens with two attached hydrogens (primary N) is 1. The molecule has 1 aromatic carbocycles. The summed E-state index contributed by atoms with van der Waals surface area (Å²) in [6.07, 6.45) is 3.37. The summed E-state index contributed by atoms with van der Waals surface area (Å²) in [5.74, 6) is 1.08. The molecule has 0 saturated heterocycles. The van der Waals surface area contributed by atoms with E-state index in [9.17, 15) is 0 Å². The van der Waals surface area contributed by atoms with E-state index in [2.05, 4.69) is 25.3 Å². The van der Waals surface area contributed by atoms with E-state index in [0.29, 0.717) is 11.8 Å². The molecule has 3 aromatic rings. The van der Waals surface area contributed by atoms with Crippen molar-refractivity contribution in [3.63, 3.8) is 0 Å². The number of amidine groups is 1. The Labute approximate surface area is 156 Å². The number of halogens is 2. The van der Waals surface area contributed by atoms with Crippen molar-refractivity contribution in [2.45, 2.75) is 19.9 Å². The Bertz CT molecular complexity index is 819. The number of fused-ring (bicyclic) bond motifs is 1. The number of thiazole rings is 1. The molecule has 0 aliphatic rings. The second-order valence-electron chi connectivity index (χ2n) is 5.01. The summed E-state index contributed by atoms with van der Waals surface area (Å²) < 4.78 is 1.04. The lowest BCUT2D eigenvalue weighted by atomic mass is 10.2. The van der Waals surface area contributed by atoms with Crippen molar-refractivity contribution in [1.29, 1.82) is 0 Å². The highest BCUT2D eigenvalue weighted by Crippen LogP contribution is 2.28. The minimum Gasteiger partial charge on any atom is -0.383 e. The highest BCUT2D eigenvalue weighted by molar-refractivity contribution is 7.22. The molecule has 24 heavy (non-hydrogen) atoms. The molecule has 0 radical (unpaired) electrons. The number of aromatic nitrogens is 3. The molecule has 128 valence electrons. The van der Waals surface area contributed by atoms with Gasteiger partial charge in [-0.25, -0.2) is 15.0 Å². The lowest BCUT2D eigenvalue weighted by molar-refractivity contribution is 0.834. The molecule has 3 rings (SSSR count). The van der Waals surface area contributed by atoms with Gasteiger partial charge in [-0.1, -0.05) is 11.3 Å². The van der Waals surface area contributed by atoms with Crippen LogP contribution >= 0.6 is 36.2 Å². The summed E-state index contributed by atoms with van der Waals surface area (Å²) >= 11 is 1.53. The summed E-state index contributed by atoms with van der Waals surface area (Å²) in [6, 6.07) is 7.83. The van der Waals surface area contributed by atoms with Gasteiger partial charge in [0.25, 0.3) is 0 Å². The normalized spacial score (nSPS) is 11.0. The molecule has 2 aromatic heterocycles. The zero-order valence-electron chi connectivity index (χ0n) is 13.1.